The van der Waals surface area contributed by atoms with E-state index in [1.165, 1.54) is 23.3 Å². The van der Waals surface area contributed by atoms with Gasteiger partial charge in [0.15, 0.2) is 5.76 Å². The van der Waals surface area contributed by atoms with E-state index in [0.717, 1.165) is 0 Å². The second-order valence-electron chi connectivity index (χ2n) is 6.00. The van der Waals surface area contributed by atoms with Gasteiger partial charge in [-0.15, -0.1) is 0 Å². The van der Waals surface area contributed by atoms with Gasteiger partial charge in [0.05, 0.1) is 6.26 Å². The van der Waals surface area contributed by atoms with Crippen LogP contribution in [-0.4, -0.2) is 40.7 Å². The minimum atomic E-state index is -0.740. The predicted octanol–water partition coefficient (Wildman–Crippen LogP) is 1.79. The Morgan fingerprint density at radius 1 is 1.33 bits per heavy atom. The summed E-state index contributed by atoms with van der Waals surface area (Å²) in [5.74, 6) is -1.95. The van der Waals surface area contributed by atoms with E-state index in [1.54, 1.807) is 20.8 Å². The Morgan fingerprint density at radius 3 is 2.62 bits per heavy atom. The Labute approximate surface area is 123 Å². The van der Waals surface area contributed by atoms with Crippen molar-refractivity contribution in [3.8, 4) is 0 Å². The van der Waals surface area contributed by atoms with Crippen LogP contribution in [0, 0.1) is 0 Å². The number of hydrogen-bond acceptors (Lipinski definition) is 5. The van der Waals surface area contributed by atoms with Crippen molar-refractivity contribution in [2.24, 2.45) is 0 Å². The summed E-state index contributed by atoms with van der Waals surface area (Å²) in [4.78, 5) is 37.7. The van der Waals surface area contributed by atoms with Crippen LogP contribution in [-0.2, 0) is 14.3 Å². The Kier molecular flexibility index (Phi) is 4.16. The third-order valence-electron chi connectivity index (χ3n) is 3.13. The van der Waals surface area contributed by atoms with Crippen LogP contribution in [0.1, 0.15) is 44.2 Å². The fraction of sp³-hybridized carbons (Fsp3) is 0.533. The molecule has 1 atom stereocenters. The lowest BCUT2D eigenvalue weighted by Gasteiger charge is -2.26. The molecule has 2 heterocycles. The minimum absolute atomic E-state index is 0.0187. The van der Waals surface area contributed by atoms with Crippen LogP contribution < -0.4 is 0 Å². The van der Waals surface area contributed by atoms with E-state index >= 15 is 0 Å². The van der Waals surface area contributed by atoms with E-state index in [4.69, 9.17) is 9.15 Å². The number of furan rings is 1. The van der Waals surface area contributed by atoms with Gasteiger partial charge in [0.25, 0.3) is 11.7 Å². The van der Waals surface area contributed by atoms with Crippen molar-refractivity contribution in [2.75, 3.05) is 6.54 Å². The predicted molar refractivity (Wildman–Crippen MR) is 73.6 cm³/mol. The zero-order valence-corrected chi connectivity index (χ0v) is 12.4. The number of amides is 1. The van der Waals surface area contributed by atoms with E-state index in [2.05, 4.69) is 0 Å². The first-order valence-electron chi connectivity index (χ1n) is 6.91. The van der Waals surface area contributed by atoms with Crippen molar-refractivity contribution in [1.29, 1.82) is 0 Å². The summed E-state index contributed by atoms with van der Waals surface area (Å²) in [6, 6.07) is 2.27. The van der Waals surface area contributed by atoms with Gasteiger partial charge in [-0.25, -0.2) is 4.79 Å². The standard InChI is InChI=1S/C15H19NO5/c1-15(2,3)21-14(19)10-6-4-8-16(10)13(18)12(17)11-7-5-9-20-11/h5,7,9-10H,4,6,8H2,1-3H3/t10-/m0/s1. The van der Waals surface area contributed by atoms with Gasteiger partial charge in [0.1, 0.15) is 11.6 Å². The Hall–Kier alpha value is -2.11. The molecule has 0 spiro atoms. The quantitative estimate of drug-likeness (QED) is 0.482. The number of rotatable bonds is 3. The number of esters is 1. The van der Waals surface area contributed by atoms with Gasteiger partial charge in [-0.05, 0) is 45.7 Å². The molecule has 1 saturated heterocycles. The molecule has 0 saturated carbocycles. The minimum Gasteiger partial charge on any atom is -0.461 e. The summed E-state index contributed by atoms with van der Waals surface area (Å²) < 4.78 is 10.2. The van der Waals surface area contributed by atoms with Crippen LogP contribution in [0.3, 0.4) is 0 Å². The maximum atomic E-state index is 12.2. The van der Waals surface area contributed by atoms with Gasteiger partial charge in [-0.3, -0.25) is 9.59 Å². The van der Waals surface area contributed by atoms with Crippen molar-refractivity contribution < 1.29 is 23.5 Å². The molecule has 1 aromatic heterocycles. The molecule has 0 aliphatic carbocycles. The van der Waals surface area contributed by atoms with Gasteiger partial charge in [-0.1, -0.05) is 0 Å². The summed E-state index contributed by atoms with van der Waals surface area (Å²) in [6.45, 7) is 5.66. The summed E-state index contributed by atoms with van der Waals surface area (Å²) >= 11 is 0. The molecule has 1 amide bonds. The van der Waals surface area contributed by atoms with Crippen molar-refractivity contribution in [1.82, 2.24) is 4.90 Å². The number of Topliss-reactive ketones (excluding diaryl/α,β-unsaturated/α-hetero) is 1. The lowest BCUT2D eigenvalue weighted by molar-refractivity contribution is -0.162. The van der Waals surface area contributed by atoms with Gasteiger partial charge >= 0.3 is 5.97 Å². The Balaban J connectivity index is 2.10. The highest BCUT2D eigenvalue weighted by atomic mass is 16.6. The highest BCUT2D eigenvalue weighted by Gasteiger charge is 2.39. The molecule has 0 bridgehead atoms. The van der Waals surface area contributed by atoms with Crippen molar-refractivity contribution in [3.63, 3.8) is 0 Å². The SMILES string of the molecule is CC(C)(C)OC(=O)[C@@H]1CCCN1C(=O)C(=O)c1ccco1. The van der Waals surface area contributed by atoms with Gasteiger partial charge in [0.2, 0.25) is 0 Å². The lowest BCUT2D eigenvalue weighted by Crippen LogP contribution is -2.46. The maximum Gasteiger partial charge on any atom is 0.329 e. The molecule has 2 rings (SSSR count). The smallest absolute Gasteiger partial charge is 0.329 e. The molecule has 21 heavy (non-hydrogen) atoms. The molecule has 0 unspecified atom stereocenters. The first-order valence-corrected chi connectivity index (χ1v) is 6.91. The van der Waals surface area contributed by atoms with E-state index < -0.39 is 29.3 Å². The normalized spacial score (nSPS) is 18.6. The van der Waals surface area contributed by atoms with Crippen molar-refractivity contribution in [2.45, 2.75) is 45.3 Å². The third-order valence-corrected chi connectivity index (χ3v) is 3.13. The number of carbonyl (C=O) groups is 3. The van der Waals surface area contributed by atoms with Crippen molar-refractivity contribution >= 4 is 17.7 Å². The monoisotopic (exact) mass is 293 g/mol. The van der Waals surface area contributed by atoms with Crippen LogP contribution in [0.2, 0.25) is 0 Å². The average Bonchev–Trinajstić information content (AvgIpc) is 3.05. The largest absolute Gasteiger partial charge is 0.461 e. The third kappa shape index (κ3) is 3.51. The molecular formula is C15H19NO5. The van der Waals surface area contributed by atoms with Gasteiger partial charge in [0, 0.05) is 6.54 Å². The molecule has 114 valence electrons. The second kappa shape index (κ2) is 5.71. The first kappa shape index (κ1) is 15.3. The molecule has 0 aromatic carbocycles. The number of carbonyl (C=O) groups excluding carboxylic acids is 3. The summed E-state index contributed by atoms with van der Waals surface area (Å²) in [5, 5.41) is 0. The molecule has 0 N–H and O–H groups in total. The topological polar surface area (TPSA) is 76.8 Å². The van der Waals surface area contributed by atoms with Gasteiger partial charge in [-0.2, -0.15) is 0 Å². The summed E-state index contributed by atoms with van der Waals surface area (Å²) in [6.07, 6.45) is 2.50. The Bertz CT molecular complexity index is 541. The number of likely N-dealkylation sites (tertiary alicyclic amines) is 1. The lowest BCUT2D eigenvalue weighted by atomic mass is 10.1. The number of hydrogen-bond donors (Lipinski definition) is 0. The summed E-state index contributed by atoms with van der Waals surface area (Å²) in [7, 11) is 0. The molecule has 0 radical (unpaired) electrons. The van der Waals surface area contributed by atoms with Crippen LogP contribution in [0.25, 0.3) is 0 Å². The van der Waals surface area contributed by atoms with E-state index in [-0.39, 0.29) is 5.76 Å². The van der Waals surface area contributed by atoms with Crippen LogP contribution in [0.5, 0.6) is 0 Å². The van der Waals surface area contributed by atoms with E-state index in [1.807, 2.05) is 0 Å². The molecule has 1 aliphatic rings. The van der Waals surface area contributed by atoms with Crippen molar-refractivity contribution in [3.05, 3.63) is 24.2 Å². The van der Waals surface area contributed by atoms with E-state index in [0.29, 0.717) is 19.4 Å². The molecule has 1 fully saturated rings. The zero-order chi connectivity index (χ0) is 15.6. The fourth-order valence-corrected chi connectivity index (χ4v) is 2.27. The number of ketones is 1. The fourth-order valence-electron chi connectivity index (χ4n) is 2.27. The van der Waals surface area contributed by atoms with Crippen LogP contribution >= 0.6 is 0 Å². The molecule has 6 heteroatoms. The highest BCUT2D eigenvalue weighted by Crippen LogP contribution is 2.22. The van der Waals surface area contributed by atoms with Crippen LogP contribution in [0.4, 0.5) is 0 Å². The molecular weight excluding hydrogens is 274 g/mol. The average molecular weight is 293 g/mol. The van der Waals surface area contributed by atoms with E-state index in [9.17, 15) is 14.4 Å². The zero-order valence-electron chi connectivity index (χ0n) is 12.4. The first-order chi connectivity index (χ1) is 9.79. The highest BCUT2D eigenvalue weighted by molar-refractivity contribution is 6.42. The van der Waals surface area contributed by atoms with Gasteiger partial charge < -0.3 is 14.1 Å². The summed E-state index contributed by atoms with van der Waals surface area (Å²) in [5.41, 5.74) is -0.626. The number of ether oxygens (including phenoxy) is 1. The molecule has 1 aromatic rings. The maximum absolute atomic E-state index is 12.2. The second-order valence-corrected chi connectivity index (χ2v) is 6.00. The Morgan fingerprint density at radius 2 is 2.05 bits per heavy atom. The van der Waals surface area contributed by atoms with Crippen LogP contribution in [0.15, 0.2) is 22.8 Å². The number of nitrogens with zero attached hydrogens (tertiary/aromatic N) is 1. The molecule has 1 aliphatic heterocycles. The molecule has 6 nitrogen and oxygen atoms in total.